The van der Waals surface area contributed by atoms with Crippen molar-refractivity contribution in [1.82, 2.24) is 5.16 Å². The van der Waals surface area contributed by atoms with Crippen molar-refractivity contribution >= 4 is 22.5 Å². The van der Waals surface area contributed by atoms with Crippen LogP contribution >= 0.6 is 0 Å². The average Bonchev–Trinajstić information content (AvgIpc) is 3.26. The van der Waals surface area contributed by atoms with Crippen LogP contribution in [0.4, 0.5) is 0 Å². The molecule has 5 rings (SSSR count). The maximum Gasteiger partial charge on any atom is 0.334 e. The fourth-order valence-corrected chi connectivity index (χ4v) is 4.42. The third-order valence-corrected chi connectivity index (χ3v) is 6.05. The van der Waals surface area contributed by atoms with Crippen LogP contribution < -0.4 is 0 Å². The van der Waals surface area contributed by atoms with Gasteiger partial charge in [0.2, 0.25) is 0 Å². The molecule has 0 aliphatic heterocycles. The molecule has 1 atom stereocenters. The molecule has 160 valence electrons. The van der Waals surface area contributed by atoms with Crippen molar-refractivity contribution in [1.29, 1.82) is 0 Å². The highest BCUT2D eigenvalue weighted by Crippen LogP contribution is 2.35. The molecular weight excluding hydrogens is 400 g/mol. The Morgan fingerprint density at radius 1 is 1.03 bits per heavy atom. The van der Waals surface area contributed by atoms with Crippen LogP contribution in [0, 0.1) is 0 Å². The first-order valence-corrected chi connectivity index (χ1v) is 11.0. The normalized spacial score (nSPS) is 16.8. The minimum atomic E-state index is -0.354. The van der Waals surface area contributed by atoms with E-state index in [2.05, 4.69) is 52.8 Å². The van der Waals surface area contributed by atoms with Gasteiger partial charge in [0.05, 0.1) is 17.0 Å². The van der Waals surface area contributed by atoms with E-state index < -0.39 is 0 Å². The van der Waals surface area contributed by atoms with Crippen molar-refractivity contribution in [3.63, 3.8) is 0 Å². The SMILES string of the molecule is CCC(=O)ON=C1CC(c2ccccc2)Cc2noc(Cc3cccc4ccccc34)c21. The van der Waals surface area contributed by atoms with Crippen molar-refractivity contribution < 1.29 is 14.2 Å². The Hall–Kier alpha value is -3.73. The molecule has 0 saturated heterocycles. The van der Waals surface area contributed by atoms with Gasteiger partial charge >= 0.3 is 5.97 Å². The lowest BCUT2D eigenvalue weighted by Gasteiger charge is -2.22. The lowest BCUT2D eigenvalue weighted by atomic mass is 9.81. The predicted octanol–water partition coefficient (Wildman–Crippen LogP) is 5.81. The number of carbonyl (C=O) groups excluding carboxylic acids is 1. The Morgan fingerprint density at radius 2 is 1.81 bits per heavy atom. The van der Waals surface area contributed by atoms with E-state index in [9.17, 15) is 4.79 Å². The fraction of sp³-hybridized carbons (Fsp3) is 0.222. The molecule has 4 aromatic rings. The van der Waals surface area contributed by atoms with E-state index in [0.29, 0.717) is 12.8 Å². The van der Waals surface area contributed by atoms with Gasteiger partial charge in [-0.25, -0.2) is 4.79 Å². The third-order valence-electron chi connectivity index (χ3n) is 6.05. The first-order chi connectivity index (χ1) is 15.7. The Bertz CT molecular complexity index is 1290. The van der Waals surface area contributed by atoms with Crippen molar-refractivity contribution in [2.24, 2.45) is 5.16 Å². The molecule has 1 aromatic heterocycles. The molecule has 32 heavy (non-hydrogen) atoms. The quantitative estimate of drug-likeness (QED) is 0.300. The second-order valence-corrected chi connectivity index (χ2v) is 8.11. The van der Waals surface area contributed by atoms with Gasteiger partial charge in [0.1, 0.15) is 0 Å². The van der Waals surface area contributed by atoms with Gasteiger partial charge in [0, 0.05) is 25.7 Å². The van der Waals surface area contributed by atoms with E-state index in [4.69, 9.17) is 9.36 Å². The van der Waals surface area contributed by atoms with E-state index >= 15 is 0 Å². The molecule has 0 N–H and O–H groups in total. The van der Waals surface area contributed by atoms with Crippen LogP contribution in [-0.2, 0) is 22.5 Å². The molecule has 0 spiro atoms. The van der Waals surface area contributed by atoms with Gasteiger partial charge in [-0.3, -0.25) is 0 Å². The molecule has 0 fully saturated rings. The molecule has 3 aromatic carbocycles. The summed E-state index contributed by atoms with van der Waals surface area (Å²) in [6.45, 7) is 1.76. The molecule has 1 unspecified atom stereocenters. The van der Waals surface area contributed by atoms with E-state index in [1.807, 2.05) is 30.3 Å². The second kappa shape index (κ2) is 8.79. The van der Waals surface area contributed by atoms with Crippen LogP contribution in [0.1, 0.15) is 53.8 Å². The highest BCUT2D eigenvalue weighted by atomic mass is 16.7. The van der Waals surface area contributed by atoms with E-state index in [0.717, 1.165) is 34.7 Å². The summed E-state index contributed by atoms with van der Waals surface area (Å²) in [5, 5.41) is 11.1. The molecule has 5 nitrogen and oxygen atoms in total. The number of aromatic nitrogens is 1. The molecule has 1 aliphatic carbocycles. The first-order valence-electron chi connectivity index (χ1n) is 11.0. The number of hydrogen-bond acceptors (Lipinski definition) is 5. The topological polar surface area (TPSA) is 64.7 Å². The van der Waals surface area contributed by atoms with Gasteiger partial charge in [-0.15, -0.1) is 0 Å². The predicted molar refractivity (Wildman–Crippen MR) is 124 cm³/mol. The lowest BCUT2D eigenvalue weighted by molar-refractivity contribution is -0.143. The van der Waals surface area contributed by atoms with Crippen molar-refractivity contribution in [3.8, 4) is 0 Å². The van der Waals surface area contributed by atoms with Gasteiger partial charge < -0.3 is 9.36 Å². The number of carbonyl (C=O) groups is 1. The smallest absolute Gasteiger partial charge is 0.334 e. The Kier molecular flexibility index (Phi) is 5.55. The van der Waals surface area contributed by atoms with Gasteiger partial charge in [-0.05, 0) is 27.8 Å². The lowest BCUT2D eigenvalue weighted by Crippen LogP contribution is -2.21. The Labute approximate surface area is 186 Å². The highest BCUT2D eigenvalue weighted by Gasteiger charge is 2.32. The molecule has 0 bridgehead atoms. The number of oxime groups is 1. The Balaban J connectivity index is 1.54. The average molecular weight is 425 g/mol. The van der Waals surface area contributed by atoms with Crippen molar-refractivity contribution in [2.75, 3.05) is 0 Å². The van der Waals surface area contributed by atoms with Gasteiger partial charge in [0.15, 0.2) is 5.76 Å². The summed E-state index contributed by atoms with van der Waals surface area (Å²) in [5.41, 5.74) is 4.85. The fourth-order valence-electron chi connectivity index (χ4n) is 4.42. The van der Waals surface area contributed by atoms with Gasteiger partial charge in [-0.2, -0.15) is 0 Å². The molecule has 0 amide bonds. The maximum absolute atomic E-state index is 11.8. The summed E-state index contributed by atoms with van der Waals surface area (Å²) in [6.07, 6.45) is 2.30. The zero-order chi connectivity index (χ0) is 21.9. The van der Waals surface area contributed by atoms with Crippen LogP contribution in [-0.4, -0.2) is 16.8 Å². The summed E-state index contributed by atoms with van der Waals surface area (Å²) in [4.78, 5) is 17.0. The largest absolute Gasteiger partial charge is 0.360 e. The third kappa shape index (κ3) is 3.94. The summed E-state index contributed by atoms with van der Waals surface area (Å²) >= 11 is 0. The first kappa shape index (κ1) is 20.2. The summed E-state index contributed by atoms with van der Waals surface area (Å²) in [6, 6.07) is 24.9. The van der Waals surface area contributed by atoms with E-state index in [1.54, 1.807) is 6.92 Å². The van der Waals surface area contributed by atoms with Crippen molar-refractivity contribution in [3.05, 3.63) is 101 Å². The molecular formula is C27H24N2O3. The zero-order valence-corrected chi connectivity index (χ0v) is 18.0. The van der Waals surface area contributed by atoms with Gasteiger partial charge in [-0.1, -0.05) is 90.0 Å². The maximum atomic E-state index is 11.8. The zero-order valence-electron chi connectivity index (χ0n) is 18.0. The van der Waals surface area contributed by atoms with Crippen LogP contribution in [0.5, 0.6) is 0 Å². The van der Waals surface area contributed by atoms with Crippen molar-refractivity contribution in [2.45, 2.75) is 38.5 Å². The monoisotopic (exact) mass is 424 g/mol. The minimum Gasteiger partial charge on any atom is -0.360 e. The van der Waals surface area contributed by atoms with Crippen LogP contribution in [0.25, 0.3) is 10.8 Å². The highest BCUT2D eigenvalue weighted by molar-refractivity contribution is 6.04. The molecule has 0 radical (unpaired) electrons. The number of rotatable bonds is 5. The van der Waals surface area contributed by atoms with Gasteiger partial charge in [0.25, 0.3) is 0 Å². The Morgan fingerprint density at radius 3 is 2.66 bits per heavy atom. The summed E-state index contributed by atoms with van der Waals surface area (Å²) < 4.78 is 5.85. The summed E-state index contributed by atoms with van der Waals surface area (Å²) in [5.74, 6) is 0.611. The number of benzene rings is 3. The number of nitrogens with zero attached hydrogens (tertiary/aromatic N) is 2. The minimum absolute atomic E-state index is 0.207. The van der Waals surface area contributed by atoms with Crippen LogP contribution in [0.2, 0.25) is 0 Å². The molecule has 1 heterocycles. The number of fused-ring (bicyclic) bond motifs is 2. The van der Waals surface area contributed by atoms with Crippen LogP contribution in [0.15, 0.2) is 82.5 Å². The van der Waals surface area contributed by atoms with E-state index in [1.165, 1.54) is 16.3 Å². The summed E-state index contributed by atoms with van der Waals surface area (Å²) in [7, 11) is 0. The second-order valence-electron chi connectivity index (χ2n) is 8.11. The van der Waals surface area contributed by atoms with E-state index in [-0.39, 0.29) is 18.3 Å². The molecule has 5 heteroatoms. The number of hydrogen-bond donors (Lipinski definition) is 0. The molecule has 0 saturated carbocycles. The molecule has 1 aliphatic rings. The van der Waals surface area contributed by atoms with Crippen LogP contribution in [0.3, 0.4) is 0 Å². The standard InChI is InChI=1S/C27H24N2O3/c1-2-26(30)32-29-24-16-21(18-9-4-3-5-10-18)15-23-27(24)25(31-28-23)17-20-13-8-12-19-11-6-7-14-22(19)20/h3-14,21H,2,15-17H2,1H3.